The molecule has 0 aromatic carbocycles. The fraction of sp³-hybridized carbons (Fsp3) is 0.545. The van der Waals surface area contributed by atoms with Crippen molar-refractivity contribution in [2.45, 2.75) is 12.8 Å². The lowest BCUT2D eigenvalue weighted by Gasteiger charge is -2.12. The summed E-state index contributed by atoms with van der Waals surface area (Å²) in [6.07, 6.45) is 6.00. The van der Waals surface area contributed by atoms with Gasteiger partial charge in [0.15, 0.2) is 0 Å². The van der Waals surface area contributed by atoms with Crippen molar-refractivity contribution in [2.24, 2.45) is 0 Å². The highest BCUT2D eigenvalue weighted by Gasteiger charge is 2.20. The molecule has 2 rings (SSSR count). The molecule has 0 bridgehead atoms. The van der Waals surface area contributed by atoms with Gasteiger partial charge in [-0.05, 0) is 24.1 Å². The van der Waals surface area contributed by atoms with E-state index in [0.29, 0.717) is 6.02 Å². The van der Waals surface area contributed by atoms with Gasteiger partial charge in [0.2, 0.25) is 0 Å². The molecule has 0 atom stereocenters. The number of fused-ring (bicyclic) bond motifs is 1. The quantitative estimate of drug-likeness (QED) is 0.387. The van der Waals surface area contributed by atoms with Crippen LogP contribution < -0.4 is 4.84 Å². The zero-order valence-corrected chi connectivity index (χ0v) is 10.7. The molecule has 0 radical (unpaired) electrons. The maximum absolute atomic E-state index is 5.75. The number of rotatable bonds is 1. The molecular formula is C11H18N5O+. The first kappa shape index (κ1) is 11.6. The van der Waals surface area contributed by atoms with Crippen LogP contribution >= 0.6 is 0 Å². The van der Waals surface area contributed by atoms with Crippen molar-refractivity contribution in [3.8, 4) is 0 Å². The largest absolute Gasteiger partial charge is 0.471 e. The molecule has 6 heteroatoms. The number of aromatic nitrogens is 3. The summed E-state index contributed by atoms with van der Waals surface area (Å²) < 4.78 is 1.90. The van der Waals surface area contributed by atoms with Gasteiger partial charge in [0, 0.05) is 0 Å². The van der Waals surface area contributed by atoms with Crippen molar-refractivity contribution in [3.63, 3.8) is 0 Å². The molecule has 1 aliphatic rings. The third kappa shape index (κ3) is 2.30. The molecule has 0 saturated carbocycles. The Labute approximate surface area is 101 Å². The second kappa shape index (κ2) is 4.57. The van der Waals surface area contributed by atoms with Gasteiger partial charge in [-0.2, -0.15) is 0 Å². The van der Waals surface area contributed by atoms with E-state index < -0.39 is 0 Å². The van der Waals surface area contributed by atoms with Crippen molar-refractivity contribution in [3.05, 3.63) is 17.5 Å². The lowest BCUT2D eigenvalue weighted by Crippen LogP contribution is -2.39. The van der Waals surface area contributed by atoms with Crippen molar-refractivity contribution in [1.29, 1.82) is 0 Å². The highest BCUT2D eigenvalue weighted by atomic mass is 16.7. The van der Waals surface area contributed by atoms with Crippen LogP contribution in [-0.2, 0) is 6.42 Å². The van der Waals surface area contributed by atoms with Crippen LogP contribution in [0.3, 0.4) is 0 Å². The van der Waals surface area contributed by atoms with Crippen molar-refractivity contribution >= 4 is 12.1 Å². The topological polar surface area (TPSA) is 46.2 Å². The summed E-state index contributed by atoms with van der Waals surface area (Å²) in [5.74, 6) is 0. The summed E-state index contributed by atoms with van der Waals surface area (Å²) >= 11 is 0. The van der Waals surface area contributed by atoms with Gasteiger partial charge in [0.25, 0.3) is 0 Å². The maximum Gasteiger partial charge on any atom is 0.471 e. The summed E-state index contributed by atoms with van der Waals surface area (Å²) in [5, 5.41) is 8.10. The van der Waals surface area contributed by atoms with Crippen LogP contribution in [0.1, 0.15) is 17.8 Å². The van der Waals surface area contributed by atoms with Crippen LogP contribution in [-0.4, -0.2) is 58.8 Å². The summed E-state index contributed by atoms with van der Waals surface area (Å²) in [6.45, 7) is 0. The molecule has 0 saturated heterocycles. The minimum absolute atomic E-state index is 0.715. The van der Waals surface area contributed by atoms with Crippen LogP contribution in [0, 0.1) is 0 Å². The van der Waals surface area contributed by atoms with Gasteiger partial charge in [-0.1, -0.05) is 10.9 Å². The smallest absolute Gasteiger partial charge is 0.279 e. The second-order valence-corrected chi connectivity index (χ2v) is 4.40. The summed E-state index contributed by atoms with van der Waals surface area (Å²) in [6, 6.07) is 0.715. The van der Waals surface area contributed by atoms with E-state index in [9.17, 15) is 0 Å². The zero-order valence-electron chi connectivity index (χ0n) is 10.7. The molecule has 0 amide bonds. The number of nitrogens with zero attached hydrogens (tertiary/aromatic N) is 5. The fourth-order valence-corrected chi connectivity index (χ4v) is 1.78. The Bertz CT molecular complexity index is 468. The summed E-state index contributed by atoms with van der Waals surface area (Å²) in [7, 11) is 7.72. The van der Waals surface area contributed by atoms with E-state index >= 15 is 0 Å². The Morgan fingerprint density at radius 2 is 2.24 bits per heavy atom. The van der Waals surface area contributed by atoms with Crippen LogP contribution in [0.25, 0.3) is 6.08 Å². The van der Waals surface area contributed by atoms with Crippen molar-refractivity contribution in [1.82, 2.24) is 20.1 Å². The number of hydrogen-bond donors (Lipinski definition) is 0. The SMILES string of the molecule is CN(C)C(On1nnc2c1CCC=C2)=[N+](C)C. The molecule has 92 valence electrons. The molecule has 17 heavy (non-hydrogen) atoms. The van der Waals surface area contributed by atoms with E-state index in [4.69, 9.17) is 4.84 Å². The van der Waals surface area contributed by atoms with E-state index in [1.807, 2.05) is 43.7 Å². The first-order chi connectivity index (χ1) is 8.09. The van der Waals surface area contributed by atoms with E-state index in [0.717, 1.165) is 24.2 Å². The Balaban J connectivity index is 2.28. The minimum atomic E-state index is 0.715. The number of hydrogen-bond acceptors (Lipinski definition) is 3. The Morgan fingerprint density at radius 3 is 2.88 bits per heavy atom. The zero-order chi connectivity index (χ0) is 12.4. The normalized spacial score (nSPS) is 13.2. The lowest BCUT2D eigenvalue weighted by atomic mass is 10.1. The van der Waals surface area contributed by atoms with Gasteiger partial charge < -0.3 is 0 Å². The van der Waals surface area contributed by atoms with Crippen molar-refractivity contribution < 1.29 is 9.41 Å². The Morgan fingerprint density at radius 1 is 1.47 bits per heavy atom. The van der Waals surface area contributed by atoms with Gasteiger partial charge >= 0.3 is 6.02 Å². The molecule has 0 spiro atoms. The van der Waals surface area contributed by atoms with Crippen LogP contribution in [0.4, 0.5) is 0 Å². The number of amidine groups is 1. The maximum atomic E-state index is 5.75. The third-order valence-corrected chi connectivity index (χ3v) is 2.52. The van der Waals surface area contributed by atoms with Gasteiger partial charge in [-0.3, -0.25) is 4.84 Å². The van der Waals surface area contributed by atoms with E-state index in [-0.39, 0.29) is 0 Å². The van der Waals surface area contributed by atoms with Crippen LogP contribution in [0.5, 0.6) is 0 Å². The van der Waals surface area contributed by atoms with Gasteiger partial charge in [0.05, 0.1) is 28.2 Å². The Kier molecular flexibility index (Phi) is 3.12. The molecule has 0 unspecified atom stereocenters. The molecule has 1 aromatic rings. The van der Waals surface area contributed by atoms with Crippen LogP contribution in [0.15, 0.2) is 6.08 Å². The molecule has 0 N–H and O–H groups in total. The predicted octanol–water partition coefficient (Wildman–Crippen LogP) is -0.144. The van der Waals surface area contributed by atoms with Crippen molar-refractivity contribution in [2.75, 3.05) is 28.2 Å². The average molecular weight is 236 g/mol. The molecule has 1 heterocycles. The lowest BCUT2D eigenvalue weighted by molar-refractivity contribution is -0.480. The van der Waals surface area contributed by atoms with E-state index in [1.165, 1.54) is 4.85 Å². The second-order valence-electron chi connectivity index (χ2n) is 4.40. The molecule has 6 nitrogen and oxygen atoms in total. The Hall–Kier alpha value is -1.85. The van der Waals surface area contributed by atoms with E-state index in [1.54, 1.807) is 0 Å². The minimum Gasteiger partial charge on any atom is -0.279 e. The van der Waals surface area contributed by atoms with Gasteiger partial charge in [0.1, 0.15) is 11.4 Å². The highest BCUT2D eigenvalue weighted by molar-refractivity contribution is 5.68. The monoisotopic (exact) mass is 236 g/mol. The molecule has 1 aromatic heterocycles. The summed E-state index contributed by atoms with van der Waals surface area (Å²) in [5.41, 5.74) is 1.92. The highest BCUT2D eigenvalue weighted by Crippen LogP contribution is 2.15. The average Bonchev–Trinajstić information content (AvgIpc) is 2.68. The molecule has 0 fully saturated rings. The predicted molar refractivity (Wildman–Crippen MR) is 64.8 cm³/mol. The molecular weight excluding hydrogens is 218 g/mol. The summed E-state index contributed by atoms with van der Waals surface area (Å²) in [4.78, 5) is 9.16. The van der Waals surface area contributed by atoms with Gasteiger partial charge in [-0.25, -0.2) is 9.48 Å². The first-order valence-corrected chi connectivity index (χ1v) is 5.60. The van der Waals surface area contributed by atoms with Crippen LogP contribution in [0.2, 0.25) is 0 Å². The molecule has 0 aliphatic heterocycles. The van der Waals surface area contributed by atoms with E-state index in [2.05, 4.69) is 16.4 Å². The first-order valence-electron chi connectivity index (χ1n) is 5.60. The fourth-order valence-electron chi connectivity index (χ4n) is 1.78. The third-order valence-electron chi connectivity index (χ3n) is 2.52. The van der Waals surface area contributed by atoms with Gasteiger partial charge in [-0.15, -0.1) is 5.10 Å². The number of allylic oxidation sites excluding steroid dienone is 1. The molecule has 1 aliphatic carbocycles. The standard InChI is InChI=1S/C11H18N5O/c1-14(2)11(15(3)4)17-16-10-8-6-5-7-9(10)12-13-16/h5,7H,6,8H2,1-4H3/q+1.